The first-order valence-corrected chi connectivity index (χ1v) is 8.93. The van der Waals surface area contributed by atoms with Gasteiger partial charge in [-0.1, -0.05) is 24.3 Å². The predicted molar refractivity (Wildman–Crippen MR) is 89.6 cm³/mol. The van der Waals surface area contributed by atoms with E-state index in [1.807, 2.05) is 31.4 Å². The molecule has 0 unspecified atom stereocenters. The fourth-order valence-corrected chi connectivity index (χ4v) is 3.44. The summed E-state index contributed by atoms with van der Waals surface area (Å²) in [4.78, 5) is 13.2. The highest BCUT2D eigenvalue weighted by Crippen LogP contribution is 2.22. The second kappa shape index (κ2) is 8.82. The maximum absolute atomic E-state index is 12.0. The number of urea groups is 1. The Hall–Kier alpha value is -1.51. The highest BCUT2D eigenvalue weighted by atomic mass is 32.1. The molecule has 2 N–H and O–H groups in total. The molecule has 0 saturated carbocycles. The van der Waals surface area contributed by atoms with Gasteiger partial charge in [-0.25, -0.2) is 4.79 Å². The minimum atomic E-state index is -0.257. The van der Waals surface area contributed by atoms with Crippen LogP contribution < -0.4 is 10.6 Å². The number of aromatic nitrogens is 2. The van der Waals surface area contributed by atoms with E-state index in [2.05, 4.69) is 20.8 Å². The Kier molecular flexibility index (Phi) is 6.75. The van der Waals surface area contributed by atoms with Crippen molar-refractivity contribution in [2.24, 2.45) is 0 Å². The van der Waals surface area contributed by atoms with Crippen molar-refractivity contribution >= 4 is 33.8 Å². The Morgan fingerprint density at radius 3 is 2.95 bits per heavy atom. The van der Waals surface area contributed by atoms with E-state index in [-0.39, 0.29) is 12.1 Å². The van der Waals surface area contributed by atoms with Gasteiger partial charge in [-0.15, -0.1) is 21.5 Å². The van der Waals surface area contributed by atoms with Crippen LogP contribution in [0.4, 0.5) is 9.93 Å². The van der Waals surface area contributed by atoms with Crippen LogP contribution in [0, 0.1) is 0 Å². The Balaban J connectivity index is 1.83. The molecule has 22 heavy (non-hydrogen) atoms. The number of nitrogens with zero attached hydrogens (tertiary/aromatic N) is 2. The maximum Gasteiger partial charge on any atom is 0.321 e. The minimum Gasteiger partial charge on any atom is -0.381 e. The van der Waals surface area contributed by atoms with Crippen LogP contribution in [0.25, 0.3) is 0 Å². The van der Waals surface area contributed by atoms with Crippen LogP contribution in [-0.4, -0.2) is 29.4 Å². The standard InChI is InChI=1S/C14H20N4O2S2/c1-3-10(11-6-5-9-21-11)15-13(19)16-14-18-17-12(22-14)7-8-20-4-2/h5-6,9-10H,3-4,7-8H2,1-2H3,(H2,15,16,18,19)/t10-/m0/s1. The van der Waals surface area contributed by atoms with Crippen LogP contribution in [0.15, 0.2) is 17.5 Å². The van der Waals surface area contributed by atoms with Crippen molar-refractivity contribution in [3.8, 4) is 0 Å². The first kappa shape index (κ1) is 16.9. The lowest BCUT2D eigenvalue weighted by molar-refractivity contribution is 0.150. The number of carbonyl (C=O) groups is 1. The number of nitrogens with one attached hydrogen (secondary N) is 2. The monoisotopic (exact) mass is 340 g/mol. The van der Waals surface area contributed by atoms with Gasteiger partial charge in [-0.2, -0.15) is 0 Å². The van der Waals surface area contributed by atoms with E-state index in [1.54, 1.807) is 11.3 Å². The molecular formula is C14H20N4O2S2. The molecule has 2 aromatic heterocycles. The van der Waals surface area contributed by atoms with Gasteiger partial charge < -0.3 is 10.1 Å². The summed E-state index contributed by atoms with van der Waals surface area (Å²) in [7, 11) is 0. The molecule has 1 atom stereocenters. The van der Waals surface area contributed by atoms with Crippen LogP contribution in [0.1, 0.15) is 36.2 Å². The summed E-state index contributed by atoms with van der Waals surface area (Å²) in [5, 5.41) is 17.1. The molecule has 0 saturated heterocycles. The molecular weight excluding hydrogens is 320 g/mol. The largest absolute Gasteiger partial charge is 0.381 e. The van der Waals surface area contributed by atoms with E-state index in [0.717, 1.165) is 16.3 Å². The fourth-order valence-electron chi connectivity index (χ4n) is 1.86. The topological polar surface area (TPSA) is 76.1 Å². The molecule has 2 rings (SSSR count). The Morgan fingerprint density at radius 2 is 2.27 bits per heavy atom. The number of rotatable bonds is 8. The van der Waals surface area contributed by atoms with E-state index in [1.165, 1.54) is 11.3 Å². The summed E-state index contributed by atoms with van der Waals surface area (Å²) < 4.78 is 5.28. The molecule has 0 aliphatic heterocycles. The Bertz CT molecular complexity index is 571. The van der Waals surface area contributed by atoms with E-state index in [4.69, 9.17) is 4.74 Å². The fraction of sp³-hybridized carbons (Fsp3) is 0.500. The Morgan fingerprint density at radius 1 is 1.41 bits per heavy atom. The SMILES string of the molecule is CCOCCc1nnc(NC(=O)N[C@@H](CC)c2cccs2)s1. The van der Waals surface area contributed by atoms with Crippen molar-refractivity contribution in [1.29, 1.82) is 0 Å². The molecule has 120 valence electrons. The third-order valence-corrected chi connectivity index (χ3v) is 4.84. The molecule has 0 bridgehead atoms. The van der Waals surface area contributed by atoms with Crippen LogP contribution >= 0.6 is 22.7 Å². The quantitative estimate of drug-likeness (QED) is 0.722. The van der Waals surface area contributed by atoms with Crippen LogP contribution in [0.3, 0.4) is 0 Å². The molecule has 8 heteroatoms. The van der Waals surface area contributed by atoms with Gasteiger partial charge in [-0.05, 0) is 24.8 Å². The highest BCUT2D eigenvalue weighted by Gasteiger charge is 2.15. The summed E-state index contributed by atoms with van der Waals surface area (Å²) in [5.74, 6) is 0. The lowest BCUT2D eigenvalue weighted by Gasteiger charge is -2.15. The normalized spacial score (nSPS) is 12.1. The first-order chi connectivity index (χ1) is 10.7. The Labute approximate surface area is 137 Å². The summed E-state index contributed by atoms with van der Waals surface area (Å²) in [6, 6.07) is 3.77. The summed E-state index contributed by atoms with van der Waals surface area (Å²) in [6.45, 7) is 5.30. The van der Waals surface area contributed by atoms with E-state index < -0.39 is 0 Å². The number of ether oxygens (including phenoxy) is 1. The van der Waals surface area contributed by atoms with Crippen molar-refractivity contribution in [2.45, 2.75) is 32.7 Å². The molecule has 0 fully saturated rings. The smallest absolute Gasteiger partial charge is 0.321 e. The number of carbonyl (C=O) groups excluding carboxylic acids is 1. The van der Waals surface area contributed by atoms with Crippen molar-refractivity contribution in [2.75, 3.05) is 18.5 Å². The number of amides is 2. The minimum absolute atomic E-state index is 0.0188. The summed E-state index contributed by atoms with van der Waals surface area (Å²) in [5.41, 5.74) is 0. The van der Waals surface area contributed by atoms with Gasteiger partial charge in [0.2, 0.25) is 5.13 Å². The van der Waals surface area contributed by atoms with Gasteiger partial charge in [0, 0.05) is 17.9 Å². The third-order valence-electron chi connectivity index (χ3n) is 2.95. The zero-order valence-corrected chi connectivity index (χ0v) is 14.3. The molecule has 0 aliphatic carbocycles. The number of hydrogen-bond donors (Lipinski definition) is 2. The lowest BCUT2D eigenvalue weighted by atomic mass is 10.2. The van der Waals surface area contributed by atoms with Crippen LogP contribution in [0.5, 0.6) is 0 Å². The summed E-state index contributed by atoms with van der Waals surface area (Å²) >= 11 is 3.01. The van der Waals surface area contributed by atoms with E-state index >= 15 is 0 Å². The van der Waals surface area contributed by atoms with Gasteiger partial charge in [0.15, 0.2) is 0 Å². The van der Waals surface area contributed by atoms with Gasteiger partial charge in [0.1, 0.15) is 5.01 Å². The second-order valence-electron chi connectivity index (χ2n) is 4.52. The molecule has 2 aromatic rings. The van der Waals surface area contributed by atoms with Gasteiger partial charge in [0.25, 0.3) is 0 Å². The molecule has 6 nitrogen and oxygen atoms in total. The zero-order chi connectivity index (χ0) is 15.8. The van der Waals surface area contributed by atoms with Gasteiger partial charge in [-0.3, -0.25) is 5.32 Å². The summed E-state index contributed by atoms with van der Waals surface area (Å²) in [6.07, 6.45) is 1.55. The molecule has 0 aromatic carbocycles. The average Bonchev–Trinajstić information content (AvgIpc) is 3.17. The average molecular weight is 340 g/mol. The van der Waals surface area contributed by atoms with Crippen LogP contribution in [0.2, 0.25) is 0 Å². The zero-order valence-electron chi connectivity index (χ0n) is 12.7. The van der Waals surface area contributed by atoms with Crippen molar-refractivity contribution in [3.05, 3.63) is 27.4 Å². The van der Waals surface area contributed by atoms with Gasteiger partial charge in [0.05, 0.1) is 12.6 Å². The van der Waals surface area contributed by atoms with Crippen LogP contribution in [-0.2, 0) is 11.2 Å². The van der Waals surface area contributed by atoms with Crippen molar-refractivity contribution < 1.29 is 9.53 Å². The lowest BCUT2D eigenvalue weighted by Crippen LogP contribution is -2.31. The molecule has 2 amide bonds. The maximum atomic E-state index is 12.0. The first-order valence-electron chi connectivity index (χ1n) is 7.24. The molecule has 0 spiro atoms. The predicted octanol–water partition coefficient (Wildman–Crippen LogP) is 3.45. The second-order valence-corrected chi connectivity index (χ2v) is 6.56. The molecule has 2 heterocycles. The van der Waals surface area contributed by atoms with E-state index in [0.29, 0.717) is 24.8 Å². The van der Waals surface area contributed by atoms with Crippen molar-refractivity contribution in [1.82, 2.24) is 15.5 Å². The number of anilines is 1. The number of hydrogen-bond acceptors (Lipinski definition) is 6. The van der Waals surface area contributed by atoms with E-state index in [9.17, 15) is 4.79 Å². The third kappa shape index (κ3) is 5.04. The van der Waals surface area contributed by atoms with Gasteiger partial charge >= 0.3 is 6.03 Å². The molecule has 0 aliphatic rings. The highest BCUT2D eigenvalue weighted by molar-refractivity contribution is 7.15. The molecule has 0 radical (unpaired) electrons. The number of thiophene rings is 1. The van der Waals surface area contributed by atoms with Crippen molar-refractivity contribution in [3.63, 3.8) is 0 Å².